The first-order valence-electron chi connectivity index (χ1n) is 13.9. The van der Waals surface area contributed by atoms with Crippen molar-refractivity contribution in [3.05, 3.63) is 95.6 Å². The van der Waals surface area contributed by atoms with Crippen LogP contribution in [0.25, 0.3) is 0 Å². The van der Waals surface area contributed by atoms with E-state index in [0.717, 1.165) is 41.0 Å². The van der Waals surface area contributed by atoms with Crippen LogP contribution in [0.15, 0.2) is 78.9 Å². The van der Waals surface area contributed by atoms with Gasteiger partial charge in [0.05, 0.1) is 34.5 Å². The second-order valence-corrected chi connectivity index (χ2v) is 10.3. The third-order valence-electron chi connectivity index (χ3n) is 7.91. The molecule has 3 aromatic rings. The Bertz CT molecular complexity index is 1210. The number of rotatable bonds is 12. The molecule has 1 saturated carbocycles. The van der Waals surface area contributed by atoms with Gasteiger partial charge in [-0.05, 0) is 72.6 Å². The lowest BCUT2D eigenvalue weighted by molar-refractivity contribution is -0.147. The van der Waals surface area contributed by atoms with Crippen LogP contribution in [0.1, 0.15) is 42.4 Å². The minimum atomic E-state index is -1.05. The number of hydrogen-bond acceptors (Lipinski definition) is 7. The van der Waals surface area contributed by atoms with Crippen LogP contribution in [-0.2, 0) is 24.7 Å². The Morgan fingerprint density at radius 3 is 1.78 bits per heavy atom. The molecular weight excluding hydrogens is 522 g/mol. The highest BCUT2D eigenvalue weighted by Crippen LogP contribution is 2.43. The Labute approximate surface area is 241 Å². The zero-order valence-corrected chi connectivity index (χ0v) is 23.9. The number of aliphatic hydroxyl groups excluding tert-OH is 1. The van der Waals surface area contributed by atoms with E-state index in [2.05, 4.69) is 22.2 Å². The molecule has 0 aliphatic heterocycles. The van der Waals surface area contributed by atoms with Crippen LogP contribution < -0.4 is 14.8 Å². The van der Waals surface area contributed by atoms with Gasteiger partial charge in [-0.1, -0.05) is 54.6 Å². The minimum Gasteiger partial charge on any atom is -0.497 e. The summed E-state index contributed by atoms with van der Waals surface area (Å²) >= 11 is 0. The summed E-state index contributed by atoms with van der Waals surface area (Å²) < 4.78 is 22.5. The number of carbonyl (C=O) groups is 2. The van der Waals surface area contributed by atoms with Crippen LogP contribution in [0.4, 0.5) is 0 Å². The van der Waals surface area contributed by atoms with Gasteiger partial charge in [0, 0.05) is 5.92 Å². The molecule has 1 fully saturated rings. The molecule has 1 aliphatic carbocycles. The highest BCUT2D eigenvalue weighted by Gasteiger charge is 2.39. The van der Waals surface area contributed by atoms with Crippen molar-refractivity contribution in [3.63, 3.8) is 0 Å². The van der Waals surface area contributed by atoms with Crippen molar-refractivity contribution in [2.24, 2.45) is 11.8 Å². The number of carbonyl (C=O) groups excluding carboxylic acids is 2. The maximum Gasteiger partial charge on any atom is 0.330 e. The van der Waals surface area contributed by atoms with Crippen LogP contribution in [0.3, 0.4) is 0 Å². The molecule has 0 saturated heterocycles. The van der Waals surface area contributed by atoms with Gasteiger partial charge in [0.1, 0.15) is 17.1 Å². The molecule has 3 aromatic carbocycles. The van der Waals surface area contributed by atoms with Crippen molar-refractivity contribution >= 4 is 11.9 Å². The predicted molar refractivity (Wildman–Crippen MR) is 155 cm³/mol. The molecule has 8 nitrogen and oxygen atoms in total. The van der Waals surface area contributed by atoms with E-state index in [1.165, 1.54) is 7.11 Å². The van der Waals surface area contributed by atoms with Crippen molar-refractivity contribution in [2.45, 2.75) is 37.3 Å². The molecule has 0 unspecified atom stereocenters. The van der Waals surface area contributed by atoms with E-state index in [0.29, 0.717) is 19.4 Å². The first-order chi connectivity index (χ1) is 19.9. The average molecular weight is 562 g/mol. The van der Waals surface area contributed by atoms with Gasteiger partial charge < -0.3 is 29.4 Å². The maximum absolute atomic E-state index is 12.8. The van der Waals surface area contributed by atoms with Gasteiger partial charge in [0.25, 0.3) is 0 Å². The second-order valence-electron chi connectivity index (χ2n) is 10.3. The molecule has 0 heterocycles. The predicted octanol–water partition coefficient (Wildman–Crippen LogP) is 4.47. The highest BCUT2D eigenvalue weighted by molar-refractivity contribution is 5.85. The number of esters is 1. The van der Waals surface area contributed by atoms with Crippen LogP contribution in [0.5, 0.6) is 11.5 Å². The monoisotopic (exact) mass is 561 g/mol. The summed E-state index contributed by atoms with van der Waals surface area (Å²) in [5.41, 5.74) is 2.06. The Morgan fingerprint density at radius 1 is 0.805 bits per heavy atom. The molecule has 1 aliphatic rings. The van der Waals surface area contributed by atoms with E-state index in [4.69, 9.17) is 14.2 Å². The Balaban J connectivity index is 1.57. The quantitative estimate of drug-likeness (QED) is 0.248. The molecule has 2 N–H and O–H groups in total. The summed E-state index contributed by atoms with van der Waals surface area (Å²) in [6.07, 6.45) is 2.94. The third kappa shape index (κ3) is 6.89. The van der Waals surface area contributed by atoms with Crippen LogP contribution >= 0.6 is 0 Å². The maximum atomic E-state index is 12.8. The molecule has 41 heavy (non-hydrogen) atoms. The standard InChI is InChI=1S/C33H39NO7/c1-38-28-17-13-26(14-18-28)33(25-7-5-4-6-8-25,27-15-19-29(39-2)20-16-27)41-22-23-9-11-24(12-10-23)31(36)34-30(21-35)32(37)40-3/h4-8,13-20,23-24,30,35H,9-12,21-22H2,1-3H3,(H,34,36)/t23?,24?,30-/m1/s1. The average Bonchev–Trinajstić information content (AvgIpc) is 3.04. The van der Waals surface area contributed by atoms with Gasteiger partial charge >= 0.3 is 5.97 Å². The van der Waals surface area contributed by atoms with Gasteiger partial charge in [-0.25, -0.2) is 4.79 Å². The molecule has 218 valence electrons. The topological polar surface area (TPSA) is 103 Å². The molecule has 0 bridgehead atoms. The van der Waals surface area contributed by atoms with E-state index < -0.39 is 24.2 Å². The summed E-state index contributed by atoms with van der Waals surface area (Å²) in [6, 6.07) is 25.0. The number of benzene rings is 3. The van der Waals surface area contributed by atoms with E-state index in [1.54, 1.807) is 14.2 Å². The lowest BCUT2D eigenvalue weighted by atomic mass is 9.79. The van der Waals surface area contributed by atoms with Crippen LogP contribution in [0.2, 0.25) is 0 Å². The second kappa shape index (κ2) is 14.1. The molecule has 8 heteroatoms. The smallest absolute Gasteiger partial charge is 0.330 e. The molecule has 0 spiro atoms. The molecule has 4 rings (SSSR count). The lowest BCUT2D eigenvalue weighted by Crippen LogP contribution is -2.47. The fraction of sp³-hybridized carbons (Fsp3) is 0.394. The summed E-state index contributed by atoms with van der Waals surface area (Å²) in [7, 11) is 4.53. The number of nitrogens with one attached hydrogen (secondary N) is 1. The zero-order chi connectivity index (χ0) is 29.2. The van der Waals surface area contributed by atoms with E-state index >= 15 is 0 Å². The highest BCUT2D eigenvalue weighted by atomic mass is 16.5. The Morgan fingerprint density at radius 2 is 1.32 bits per heavy atom. The first-order valence-corrected chi connectivity index (χ1v) is 13.9. The summed E-state index contributed by atoms with van der Waals surface area (Å²) in [4.78, 5) is 24.6. The molecule has 0 radical (unpaired) electrons. The zero-order valence-electron chi connectivity index (χ0n) is 23.9. The number of amides is 1. The van der Waals surface area contributed by atoms with E-state index in [9.17, 15) is 14.7 Å². The van der Waals surface area contributed by atoms with Gasteiger partial charge in [-0.15, -0.1) is 0 Å². The van der Waals surface area contributed by atoms with E-state index in [-0.39, 0.29) is 17.7 Å². The van der Waals surface area contributed by atoms with Crippen LogP contribution in [-0.4, -0.2) is 57.6 Å². The Hall–Kier alpha value is -3.88. The van der Waals surface area contributed by atoms with Gasteiger partial charge in [0.2, 0.25) is 5.91 Å². The van der Waals surface area contributed by atoms with Crippen molar-refractivity contribution < 1.29 is 33.6 Å². The lowest BCUT2D eigenvalue weighted by Gasteiger charge is -2.38. The largest absolute Gasteiger partial charge is 0.497 e. The molecule has 1 amide bonds. The van der Waals surface area contributed by atoms with Gasteiger partial charge in [-0.3, -0.25) is 4.79 Å². The Kier molecular flexibility index (Phi) is 10.4. The summed E-state index contributed by atoms with van der Waals surface area (Å²) in [5, 5.41) is 12.1. The van der Waals surface area contributed by atoms with Crippen LogP contribution in [0, 0.1) is 11.8 Å². The third-order valence-corrected chi connectivity index (χ3v) is 7.91. The molecule has 1 atom stereocenters. The normalized spacial score (nSPS) is 17.8. The van der Waals surface area contributed by atoms with Gasteiger partial charge in [-0.2, -0.15) is 0 Å². The van der Waals surface area contributed by atoms with Crippen molar-refractivity contribution in [1.82, 2.24) is 5.32 Å². The fourth-order valence-electron chi connectivity index (χ4n) is 5.52. The fourth-order valence-corrected chi connectivity index (χ4v) is 5.52. The number of methoxy groups -OCH3 is 3. The number of ether oxygens (including phenoxy) is 4. The van der Waals surface area contributed by atoms with Crippen molar-refractivity contribution in [2.75, 3.05) is 34.5 Å². The van der Waals surface area contributed by atoms with Crippen molar-refractivity contribution in [1.29, 1.82) is 0 Å². The van der Waals surface area contributed by atoms with Gasteiger partial charge in [0.15, 0.2) is 6.04 Å². The number of hydrogen-bond donors (Lipinski definition) is 2. The SMILES string of the molecule is COC(=O)[C@@H](CO)NC(=O)C1CCC(COC(c2ccccc2)(c2ccc(OC)cc2)c2ccc(OC)cc2)CC1. The molecule has 0 aromatic heterocycles. The molecular formula is C33H39NO7. The first kappa shape index (κ1) is 30.1. The summed E-state index contributed by atoms with van der Waals surface area (Å²) in [5.74, 6) is 0.649. The van der Waals surface area contributed by atoms with E-state index in [1.807, 2.05) is 66.7 Å². The van der Waals surface area contributed by atoms with Crippen molar-refractivity contribution in [3.8, 4) is 11.5 Å². The minimum absolute atomic E-state index is 0.230. The summed E-state index contributed by atoms with van der Waals surface area (Å²) in [6.45, 7) is -0.0113. The number of aliphatic hydroxyl groups is 1.